The van der Waals surface area contributed by atoms with Crippen LogP contribution in [-0.4, -0.2) is 4.98 Å². The number of nitrogen functional groups attached to an aromatic ring is 1. The molecule has 3 N–H and O–H groups in total. The van der Waals surface area contributed by atoms with Gasteiger partial charge in [0.15, 0.2) is 0 Å². The van der Waals surface area contributed by atoms with Crippen LogP contribution in [0.3, 0.4) is 0 Å². The van der Waals surface area contributed by atoms with Crippen molar-refractivity contribution in [2.45, 2.75) is 6.92 Å². The van der Waals surface area contributed by atoms with Crippen molar-refractivity contribution in [1.29, 1.82) is 5.26 Å². The van der Waals surface area contributed by atoms with Gasteiger partial charge in [0.1, 0.15) is 16.5 Å². The van der Waals surface area contributed by atoms with Gasteiger partial charge in [-0.3, -0.25) is 4.79 Å². The third kappa shape index (κ3) is 1.01. The van der Waals surface area contributed by atoms with Gasteiger partial charge in [0.05, 0.1) is 5.69 Å². The second kappa shape index (κ2) is 2.86. The first-order valence-corrected chi connectivity index (χ1v) is 4.82. The molecule has 4 nitrogen and oxygen atoms in total. The molecule has 2 rings (SSSR count). The molecule has 0 unspecified atom stereocenters. The molecule has 70 valence electrons. The number of hydrogen-bond acceptors (Lipinski definition) is 4. The highest BCUT2D eigenvalue weighted by Crippen LogP contribution is 2.28. The van der Waals surface area contributed by atoms with Crippen molar-refractivity contribution in [3.05, 3.63) is 26.9 Å². The van der Waals surface area contributed by atoms with E-state index in [4.69, 9.17) is 11.0 Å². The minimum atomic E-state index is -0.417. The zero-order valence-electron chi connectivity index (χ0n) is 7.42. The summed E-state index contributed by atoms with van der Waals surface area (Å²) in [5.74, 6) is 0. The van der Waals surface area contributed by atoms with Crippen molar-refractivity contribution >= 4 is 27.2 Å². The summed E-state index contributed by atoms with van der Waals surface area (Å²) in [5.41, 5.74) is 6.59. The topological polar surface area (TPSA) is 82.7 Å². The largest absolute Gasteiger partial charge is 0.397 e. The molecule has 14 heavy (non-hydrogen) atoms. The van der Waals surface area contributed by atoms with Gasteiger partial charge >= 0.3 is 0 Å². The second-order valence-corrected chi connectivity index (χ2v) is 3.86. The Morgan fingerprint density at radius 3 is 3.00 bits per heavy atom. The molecular formula is C9H7N3OS. The van der Waals surface area contributed by atoms with Crippen molar-refractivity contribution in [2.75, 3.05) is 5.73 Å². The van der Waals surface area contributed by atoms with Crippen LogP contribution in [0.15, 0.2) is 10.2 Å². The van der Waals surface area contributed by atoms with Gasteiger partial charge in [-0.2, -0.15) is 5.26 Å². The van der Waals surface area contributed by atoms with Crippen LogP contribution in [0.2, 0.25) is 0 Å². The number of fused-ring (bicyclic) bond motifs is 1. The smallest absolute Gasteiger partial charge is 0.269 e. The number of pyridine rings is 1. The van der Waals surface area contributed by atoms with Crippen LogP contribution in [-0.2, 0) is 0 Å². The Hall–Kier alpha value is -1.80. The quantitative estimate of drug-likeness (QED) is 0.681. The van der Waals surface area contributed by atoms with E-state index >= 15 is 0 Å². The summed E-state index contributed by atoms with van der Waals surface area (Å²) in [4.78, 5) is 14.7. The summed E-state index contributed by atoms with van der Waals surface area (Å²) in [5, 5.41) is 11.4. The first kappa shape index (κ1) is 8.78. The molecule has 0 aromatic carbocycles. The molecule has 5 heteroatoms. The second-order valence-electron chi connectivity index (χ2n) is 2.98. The van der Waals surface area contributed by atoms with Crippen LogP contribution in [0.25, 0.3) is 10.2 Å². The number of hydrogen-bond donors (Lipinski definition) is 2. The number of nitrogens with two attached hydrogens (primary N) is 1. The van der Waals surface area contributed by atoms with E-state index in [1.165, 1.54) is 11.3 Å². The monoisotopic (exact) mass is 205 g/mol. The molecule has 0 saturated heterocycles. The normalized spacial score (nSPS) is 10.3. The van der Waals surface area contributed by atoms with E-state index in [2.05, 4.69) is 4.98 Å². The highest BCUT2D eigenvalue weighted by Gasteiger charge is 2.12. The molecule has 0 aliphatic heterocycles. The molecular weight excluding hydrogens is 198 g/mol. The third-order valence-corrected chi connectivity index (χ3v) is 3.09. The molecule has 0 fully saturated rings. The maximum absolute atomic E-state index is 11.3. The van der Waals surface area contributed by atoms with Crippen molar-refractivity contribution in [3.8, 4) is 6.07 Å². The highest BCUT2D eigenvalue weighted by molar-refractivity contribution is 7.17. The summed E-state index contributed by atoms with van der Waals surface area (Å²) < 4.78 is 0. The Labute approximate surface area is 83.6 Å². The first-order chi connectivity index (χ1) is 6.65. The lowest BCUT2D eigenvalue weighted by molar-refractivity contribution is 1.29. The number of rotatable bonds is 0. The molecule has 0 atom stereocenters. The molecule has 0 radical (unpaired) electrons. The summed E-state index contributed by atoms with van der Waals surface area (Å²) in [6, 6.07) is 1.81. The predicted octanol–water partition coefficient (Wildman–Crippen LogP) is 1.35. The van der Waals surface area contributed by atoms with E-state index < -0.39 is 5.56 Å². The van der Waals surface area contributed by atoms with Crippen LogP contribution in [0.1, 0.15) is 11.1 Å². The molecule has 2 aromatic rings. The minimum Gasteiger partial charge on any atom is -0.397 e. The molecule has 0 aliphatic rings. The summed E-state index contributed by atoms with van der Waals surface area (Å²) in [6.07, 6.45) is 0. The van der Waals surface area contributed by atoms with Crippen LogP contribution >= 0.6 is 11.3 Å². The van der Waals surface area contributed by atoms with E-state index in [0.29, 0.717) is 0 Å². The average Bonchev–Trinajstić information content (AvgIpc) is 2.48. The Balaban J connectivity index is 3.06. The van der Waals surface area contributed by atoms with E-state index in [0.717, 1.165) is 15.8 Å². The van der Waals surface area contributed by atoms with Gasteiger partial charge in [-0.25, -0.2) is 0 Å². The lowest BCUT2D eigenvalue weighted by Gasteiger charge is -1.99. The number of nitriles is 1. The fourth-order valence-corrected chi connectivity index (χ4v) is 2.35. The van der Waals surface area contributed by atoms with E-state index in [1.807, 2.05) is 18.4 Å². The van der Waals surface area contributed by atoms with Gasteiger partial charge in [0, 0.05) is 5.39 Å². The Kier molecular flexibility index (Phi) is 1.79. The molecule has 2 heterocycles. The van der Waals surface area contributed by atoms with Gasteiger partial charge in [0.25, 0.3) is 5.56 Å². The molecule has 2 aromatic heterocycles. The zero-order chi connectivity index (χ0) is 10.3. The van der Waals surface area contributed by atoms with Crippen LogP contribution in [0, 0.1) is 18.3 Å². The fourth-order valence-electron chi connectivity index (χ4n) is 1.39. The van der Waals surface area contributed by atoms with Crippen LogP contribution in [0.4, 0.5) is 5.69 Å². The predicted molar refractivity (Wildman–Crippen MR) is 56.3 cm³/mol. The van der Waals surface area contributed by atoms with Gasteiger partial charge in [0.2, 0.25) is 0 Å². The Morgan fingerprint density at radius 2 is 2.36 bits per heavy atom. The number of aryl methyl sites for hydroxylation is 1. The maximum Gasteiger partial charge on any atom is 0.269 e. The SMILES string of the molecule is Cc1csc2[nH]c(=O)c(C#N)c(N)c12. The number of thiophene rings is 1. The number of aromatic amines is 1. The number of H-pyrrole nitrogens is 1. The lowest BCUT2D eigenvalue weighted by Crippen LogP contribution is -2.12. The summed E-state index contributed by atoms with van der Waals surface area (Å²) in [6.45, 7) is 1.90. The average molecular weight is 205 g/mol. The minimum absolute atomic E-state index is 0.000926. The van der Waals surface area contributed by atoms with Crippen molar-refractivity contribution < 1.29 is 0 Å². The molecule has 0 saturated carbocycles. The zero-order valence-corrected chi connectivity index (χ0v) is 8.23. The number of nitrogens with one attached hydrogen (secondary N) is 1. The molecule has 0 bridgehead atoms. The van der Waals surface area contributed by atoms with Gasteiger partial charge < -0.3 is 10.7 Å². The highest BCUT2D eigenvalue weighted by atomic mass is 32.1. The number of anilines is 1. The van der Waals surface area contributed by atoms with E-state index in [1.54, 1.807) is 0 Å². The van der Waals surface area contributed by atoms with Crippen molar-refractivity contribution in [3.63, 3.8) is 0 Å². The summed E-state index contributed by atoms with van der Waals surface area (Å²) >= 11 is 1.42. The molecule has 0 amide bonds. The number of nitrogens with zero attached hydrogens (tertiary/aromatic N) is 1. The third-order valence-electron chi connectivity index (χ3n) is 2.08. The fraction of sp³-hybridized carbons (Fsp3) is 0.111. The standard InChI is InChI=1S/C9H7N3OS/c1-4-3-14-9-6(4)7(11)5(2-10)8(13)12-9/h3H,1H3,(H3,11,12,13). The van der Waals surface area contributed by atoms with Crippen molar-refractivity contribution in [2.24, 2.45) is 0 Å². The maximum atomic E-state index is 11.3. The van der Waals surface area contributed by atoms with Crippen LogP contribution < -0.4 is 11.3 Å². The first-order valence-electron chi connectivity index (χ1n) is 3.94. The van der Waals surface area contributed by atoms with E-state index in [9.17, 15) is 4.79 Å². The van der Waals surface area contributed by atoms with Crippen molar-refractivity contribution in [1.82, 2.24) is 4.98 Å². The van der Waals surface area contributed by atoms with Gasteiger partial charge in [-0.05, 0) is 17.9 Å². The molecule has 0 aliphatic carbocycles. The Bertz CT molecular complexity index is 603. The van der Waals surface area contributed by atoms with E-state index in [-0.39, 0.29) is 11.3 Å². The van der Waals surface area contributed by atoms with Crippen LogP contribution in [0.5, 0.6) is 0 Å². The molecule has 0 spiro atoms. The van der Waals surface area contributed by atoms with Gasteiger partial charge in [-0.1, -0.05) is 0 Å². The Morgan fingerprint density at radius 1 is 1.64 bits per heavy atom. The van der Waals surface area contributed by atoms with Gasteiger partial charge in [-0.15, -0.1) is 11.3 Å². The summed E-state index contributed by atoms with van der Waals surface area (Å²) in [7, 11) is 0. The lowest BCUT2D eigenvalue weighted by atomic mass is 10.1. The number of aromatic nitrogens is 1.